The standard InChI is InChI=1S/C13H15N2.HI/c1-11-8-9-15(2)13(14-11)10-12-6-4-3-5-7-12;/h3-9H,10H2,1-2H3;1H/q+1;/p-1. The van der Waals surface area contributed by atoms with Crippen LogP contribution >= 0.6 is 0 Å². The second-order valence-corrected chi connectivity index (χ2v) is 3.76. The molecule has 0 spiro atoms. The van der Waals surface area contributed by atoms with Gasteiger partial charge in [0.05, 0.1) is 19.7 Å². The molecule has 0 aliphatic heterocycles. The van der Waals surface area contributed by atoms with Crippen LogP contribution < -0.4 is 28.5 Å². The molecule has 3 heteroatoms. The average molecular weight is 326 g/mol. The smallest absolute Gasteiger partial charge is 0.302 e. The van der Waals surface area contributed by atoms with Crippen molar-refractivity contribution in [2.45, 2.75) is 13.3 Å². The van der Waals surface area contributed by atoms with Crippen molar-refractivity contribution in [3.8, 4) is 0 Å². The van der Waals surface area contributed by atoms with Crippen molar-refractivity contribution in [2.75, 3.05) is 0 Å². The maximum Gasteiger partial charge on any atom is 0.302 e. The lowest BCUT2D eigenvalue weighted by atomic mass is 10.1. The van der Waals surface area contributed by atoms with Crippen LogP contribution in [0.5, 0.6) is 0 Å². The lowest BCUT2D eigenvalue weighted by Gasteiger charge is -1.99. The molecule has 0 saturated carbocycles. The monoisotopic (exact) mass is 326 g/mol. The second-order valence-electron chi connectivity index (χ2n) is 3.76. The Bertz CT molecular complexity index is 455. The third-order valence-corrected chi connectivity index (χ3v) is 2.46. The highest BCUT2D eigenvalue weighted by Crippen LogP contribution is 2.03. The van der Waals surface area contributed by atoms with Crippen LogP contribution in [0.2, 0.25) is 0 Å². The highest BCUT2D eigenvalue weighted by atomic mass is 127. The summed E-state index contributed by atoms with van der Waals surface area (Å²) in [7, 11) is 2.03. The van der Waals surface area contributed by atoms with Gasteiger partial charge in [0.2, 0.25) is 0 Å². The number of aryl methyl sites for hydroxylation is 2. The zero-order valence-corrected chi connectivity index (χ0v) is 11.7. The minimum absolute atomic E-state index is 0. The summed E-state index contributed by atoms with van der Waals surface area (Å²) >= 11 is 0. The molecule has 0 amide bonds. The number of benzene rings is 1. The van der Waals surface area contributed by atoms with Crippen LogP contribution in [0.3, 0.4) is 0 Å². The van der Waals surface area contributed by atoms with Crippen molar-refractivity contribution in [3.05, 3.63) is 59.7 Å². The predicted molar refractivity (Wildman–Crippen MR) is 59.4 cm³/mol. The van der Waals surface area contributed by atoms with E-state index in [1.54, 1.807) is 0 Å². The Morgan fingerprint density at radius 3 is 2.50 bits per heavy atom. The van der Waals surface area contributed by atoms with Gasteiger partial charge in [0, 0.05) is 13.0 Å². The van der Waals surface area contributed by atoms with Crippen molar-refractivity contribution >= 4 is 0 Å². The molecule has 0 atom stereocenters. The normalized spacial score (nSPS) is 9.62. The molecule has 0 unspecified atom stereocenters. The fraction of sp³-hybridized carbons (Fsp3) is 0.231. The number of rotatable bonds is 2. The van der Waals surface area contributed by atoms with Crippen LogP contribution in [-0.2, 0) is 13.5 Å². The molecule has 16 heavy (non-hydrogen) atoms. The molecule has 1 heterocycles. The van der Waals surface area contributed by atoms with E-state index in [9.17, 15) is 0 Å². The van der Waals surface area contributed by atoms with Crippen molar-refractivity contribution in [1.29, 1.82) is 0 Å². The van der Waals surface area contributed by atoms with Gasteiger partial charge in [-0.2, -0.15) is 0 Å². The molecule has 84 valence electrons. The average Bonchev–Trinajstić information content (AvgIpc) is 2.25. The number of hydrogen-bond donors (Lipinski definition) is 0. The zero-order valence-electron chi connectivity index (χ0n) is 9.52. The molecule has 2 nitrogen and oxygen atoms in total. The fourth-order valence-electron chi connectivity index (χ4n) is 1.57. The third-order valence-electron chi connectivity index (χ3n) is 2.46. The van der Waals surface area contributed by atoms with E-state index in [0.29, 0.717) is 0 Å². The van der Waals surface area contributed by atoms with E-state index in [0.717, 1.165) is 17.9 Å². The van der Waals surface area contributed by atoms with Gasteiger partial charge in [0.15, 0.2) is 5.69 Å². The molecule has 2 rings (SSSR count). The Morgan fingerprint density at radius 1 is 1.12 bits per heavy atom. The molecule has 0 aliphatic rings. The van der Waals surface area contributed by atoms with E-state index in [1.807, 2.05) is 26.1 Å². The minimum atomic E-state index is 0. The van der Waals surface area contributed by atoms with Crippen molar-refractivity contribution in [2.24, 2.45) is 7.05 Å². The summed E-state index contributed by atoms with van der Waals surface area (Å²) in [5, 5.41) is 0. The Labute approximate surface area is 113 Å². The van der Waals surface area contributed by atoms with E-state index in [4.69, 9.17) is 0 Å². The fourth-order valence-corrected chi connectivity index (χ4v) is 1.57. The molecular formula is C13H15IN2. The van der Waals surface area contributed by atoms with Crippen LogP contribution in [0, 0.1) is 6.92 Å². The highest BCUT2D eigenvalue weighted by Gasteiger charge is 2.10. The van der Waals surface area contributed by atoms with Crippen molar-refractivity contribution in [1.82, 2.24) is 4.98 Å². The van der Waals surface area contributed by atoms with Crippen molar-refractivity contribution in [3.63, 3.8) is 0 Å². The molecule has 2 aromatic rings. The number of aromatic nitrogens is 2. The molecule has 0 bridgehead atoms. The van der Waals surface area contributed by atoms with Crippen LogP contribution in [0.15, 0.2) is 42.6 Å². The lowest BCUT2D eigenvalue weighted by Crippen LogP contribution is -3.00. The Morgan fingerprint density at radius 2 is 1.81 bits per heavy atom. The zero-order chi connectivity index (χ0) is 10.7. The number of halogens is 1. The van der Waals surface area contributed by atoms with Gasteiger partial charge in [-0.15, -0.1) is 0 Å². The molecular weight excluding hydrogens is 311 g/mol. The maximum absolute atomic E-state index is 4.53. The summed E-state index contributed by atoms with van der Waals surface area (Å²) in [6, 6.07) is 12.4. The van der Waals surface area contributed by atoms with Crippen LogP contribution in [0.1, 0.15) is 17.1 Å². The van der Waals surface area contributed by atoms with Crippen LogP contribution in [0.25, 0.3) is 0 Å². The van der Waals surface area contributed by atoms with Gasteiger partial charge in [-0.3, -0.25) is 0 Å². The van der Waals surface area contributed by atoms with Gasteiger partial charge in [0.1, 0.15) is 0 Å². The largest absolute Gasteiger partial charge is 1.00 e. The van der Waals surface area contributed by atoms with E-state index in [-0.39, 0.29) is 24.0 Å². The summed E-state index contributed by atoms with van der Waals surface area (Å²) in [5.74, 6) is 1.10. The quantitative estimate of drug-likeness (QED) is 0.501. The highest BCUT2D eigenvalue weighted by molar-refractivity contribution is 5.17. The molecule has 0 radical (unpaired) electrons. The van der Waals surface area contributed by atoms with Crippen LogP contribution in [-0.4, -0.2) is 4.98 Å². The van der Waals surface area contributed by atoms with Gasteiger partial charge >= 0.3 is 5.82 Å². The summed E-state index contributed by atoms with van der Waals surface area (Å²) < 4.78 is 2.07. The first-order chi connectivity index (χ1) is 7.25. The van der Waals surface area contributed by atoms with Crippen molar-refractivity contribution < 1.29 is 28.5 Å². The van der Waals surface area contributed by atoms with Gasteiger partial charge in [0.25, 0.3) is 0 Å². The number of hydrogen-bond acceptors (Lipinski definition) is 1. The molecule has 1 aromatic carbocycles. The van der Waals surface area contributed by atoms with Gasteiger partial charge in [-0.25, -0.2) is 4.57 Å². The third kappa shape index (κ3) is 3.27. The molecule has 0 saturated heterocycles. The summed E-state index contributed by atoms with van der Waals surface area (Å²) in [5.41, 5.74) is 2.37. The van der Waals surface area contributed by atoms with E-state index < -0.39 is 0 Å². The number of nitrogens with zero attached hydrogens (tertiary/aromatic N) is 2. The first kappa shape index (κ1) is 13.1. The summed E-state index contributed by atoms with van der Waals surface area (Å²) in [4.78, 5) is 4.53. The SMILES string of the molecule is Cc1cc[n+](C)c(Cc2ccccc2)n1.[I-]. The van der Waals surface area contributed by atoms with Crippen LogP contribution in [0.4, 0.5) is 0 Å². The Hall–Kier alpha value is -0.970. The van der Waals surface area contributed by atoms with Gasteiger partial charge in [-0.05, 0) is 5.56 Å². The molecule has 0 aliphatic carbocycles. The van der Waals surface area contributed by atoms with E-state index in [2.05, 4.69) is 40.0 Å². The Balaban J connectivity index is 0.00000128. The second kappa shape index (κ2) is 5.94. The maximum atomic E-state index is 4.53. The van der Waals surface area contributed by atoms with E-state index in [1.165, 1.54) is 5.56 Å². The minimum Gasteiger partial charge on any atom is -1.00 e. The summed E-state index contributed by atoms with van der Waals surface area (Å²) in [6.07, 6.45) is 2.94. The topological polar surface area (TPSA) is 16.8 Å². The van der Waals surface area contributed by atoms with E-state index >= 15 is 0 Å². The molecule has 1 aromatic heterocycles. The van der Waals surface area contributed by atoms with Gasteiger partial charge < -0.3 is 24.0 Å². The first-order valence-electron chi connectivity index (χ1n) is 5.12. The molecule has 0 fully saturated rings. The van der Waals surface area contributed by atoms with Gasteiger partial charge in [-0.1, -0.05) is 35.3 Å². The predicted octanol–water partition coefficient (Wildman–Crippen LogP) is -1.19. The summed E-state index contributed by atoms with van der Waals surface area (Å²) in [6.45, 7) is 2.02. The first-order valence-corrected chi connectivity index (χ1v) is 5.12. The Kier molecular flexibility index (Phi) is 4.86. The molecule has 0 N–H and O–H groups in total. The lowest BCUT2D eigenvalue weighted by molar-refractivity contribution is -0.682.